The fraction of sp³-hybridized carbons (Fsp3) is 0.485. The Balaban J connectivity index is 1.20. The number of thiophene rings is 1. The number of rotatable bonds is 4. The summed E-state index contributed by atoms with van der Waals surface area (Å²) in [6.45, 7) is 4.88. The van der Waals surface area contributed by atoms with E-state index in [1.54, 1.807) is 0 Å². The van der Waals surface area contributed by atoms with Gasteiger partial charge in [-0.1, -0.05) is 23.7 Å². The quantitative estimate of drug-likeness (QED) is 0.223. The molecule has 5 aliphatic rings. The monoisotopic (exact) mass is 660 g/mol. The van der Waals surface area contributed by atoms with Gasteiger partial charge < -0.3 is 25.4 Å². The van der Waals surface area contributed by atoms with Crippen LogP contribution in [0.3, 0.4) is 0 Å². The first-order chi connectivity index (χ1) is 22.5. The number of benzene rings is 2. The van der Waals surface area contributed by atoms with Crippen LogP contribution in [0.25, 0.3) is 42.3 Å². The molecule has 2 aromatic carbocycles. The number of anilines is 2. The van der Waals surface area contributed by atoms with E-state index in [1.807, 2.05) is 18.2 Å². The lowest BCUT2D eigenvalue weighted by atomic mass is 9.95. The first kappa shape index (κ1) is 27.6. The maximum atomic E-state index is 17.3. The number of aromatic amines is 1. The van der Waals surface area contributed by atoms with Gasteiger partial charge >= 0.3 is 6.01 Å². The number of aromatic nitrogens is 4. The molecule has 0 amide bonds. The highest BCUT2D eigenvalue weighted by Crippen LogP contribution is 2.52. The summed E-state index contributed by atoms with van der Waals surface area (Å²) in [5, 5.41) is 13.2. The highest BCUT2D eigenvalue weighted by Gasteiger charge is 2.46. The van der Waals surface area contributed by atoms with E-state index in [4.69, 9.17) is 36.8 Å². The molecule has 4 saturated heterocycles. The van der Waals surface area contributed by atoms with Gasteiger partial charge in [-0.25, -0.2) is 4.39 Å². The van der Waals surface area contributed by atoms with Crippen molar-refractivity contribution < 1.29 is 13.9 Å². The first-order valence-electron chi connectivity index (χ1n) is 16.4. The van der Waals surface area contributed by atoms with Crippen LogP contribution in [-0.2, 0) is 0 Å². The smallest absolute Gasteiger partial charge is 0.319 e. The third kappa shape index (κ3) is 3.84. The van der Waals surface area contributed by atoms with E-state index in [9.17, 15) is 0 Å². The van der Waals surface area contributed by atoms with Crippen LogP contribution < -0.4 is 25.4 Å². The molecule has 0 aliphatic carbocycles. The van der Waals surface area contributed by atoms with Crippen molar-refractivity contribution in [2.24, 2.45) is 5.92 Å². The van der Waals surface area contributed by atoms with Crippen molar-refractivity contribution in [3.63, 3.8) is 0 Å². The zero-order valence-corrected chi connectivity index (χ0v) is 26.8. The average Bonchev–Trinajstić information content (AvgIpc) is 3.85. The molecular formula is C33H34ClFN8O2S. The number of ether oxygens (including phenoxy) is 2. The molecule has 46 heavy (non-hydrogen) atoms. The minimum absolute atomic E-state index is 0.00309. The Morgan fingerprint density at radius 1 is 1.15 bits per heavy atom. The lowest BCUT2D eigenvalue weighted by Crippen LogP contribution is -2.51. The van der Waals surface area contributed by atoms with Crippen molar-refractivity contribution >= 4 is 65.8 Å². The van der Waals surface area contributed by atoms with Crippen LogP contribution in [0, 0.1) is 11.7 Å². The summed E-state index contributed by atoms with van der Waals surface area (Å²) in [5.41, 5.74) is 7.36. The van der Waals surface area contributed by atoms with E-state index < -0.39 is 5.82 Å². The average molecular weight is 661 g/mol. The number of fused-ring (bicyclic) bond motifs is 9. The Morgan fingerprint density at radius 2 is 2.02 bits per heavy atom. The van der Waals surface area contributed by atoms with Crippen molar-refractivity contribution in [3.05, 3.63) is 29.0 Å². The van der Waals surface area contributed by atoms with Crippen molar-refractivity contribution in [3.8, 4) is 22.9 Å². The first-order valence-corrected chi connectivity index (χ1v) is 17.6. The van der Waals surface area contributed by atoms with Crippen LogP contribution >= 0.6 is 22.9 Å². The molecular weight excluding hydrogens is 627 g/mol. The summed E-state index contributed by atoms with van der Waals surface area (Å²) in [4.78, 5) is 15.5. The minimum Gasteiger partial charge on any atom is -0.489 e. The van der Waals surface area contributed by atoms with E-state index in [0.29, 0.717) is 47.5 Å². The molecule has 10 nitrogen and oxygen atoms in total. The molecule has 3 unspecified atom stereocenters. The third-order valence-corrected chi connectivity index (χ3v) is 12.7. The van der Waals surface area contributed by atoms with Crippen molar-refractivity contribution in [1.82, 2.24) is 30.4 Å². The molecule has 10 rings (SSSR count). The Hall–Kier alpha value is -3.45. The standard InChI is InChI=1S/C33H34ClFN8O2S/c34-25-22(17-4-1-5-20-21(17)23-29(36)40-41-31(23)46-20)26(35)27-24-28(25)44-14-19-18-12-16(13-37-18)6-11-43(19)30(24)39-32(38-27)45-15-33-7-2-9-42(33)10-3-8-33/h1,4-5,16,18-19,37H,2-3,6-15H2,(H3,36,40,41). The van der Waals surface area contributed by atoms with Gasteiger partial charge in [-0.15, -0.1) is 11.3 Å². The molecule has 4 N–H and O–H groups in total. The van der Waals surface area contributed by atoms with Gasteiger partial charge in [-0.2, -0.15) is 15.1 Å². The molecule has 238 valence electrons. The summed E-state index contributed by atoms with van der Waals surface area (Å²) in [6.07, 6.45) is 6.62. The highest BCUT2D eigenvalue weighted by molar-refractivity contribution is 7.25. The van der Waals surface area contributed by atoms with Gasteiger partial charge in [-0.05, 0) is 75.7 Å². The van der Waals surface area contributed by atoms with Crippen LogP contribution in [0.5, 0.6) is 11.8 Å². The fourth-order valence-electron chi connectivity index (χ4n) is 9.08. The minimum atomic E-state index is -0.524. The summed E-state index contributed by atoms with van der Waals surface area (Å²) >= 11 is 8.75. The van der Waals surface area contributed by atoms with Gasteiger partial charge in [0.2, 0.25) is 0 Å². The topological polar surface area (TPSA) is 117 Å². The predicted molar refractivity (Wildman–Crippen MR) is 179 cm³/mol. The molecule has 0 saturated carbocycles. The third-order valence-electron chi connectivity index (χ3n) is 11.3. The maximum absolute atomic E-state index is 17.3. The molecule has 2 bridgehead atoms. The van der Waals surface area contributed by atoms with E-state index >= 15 is 4.39 Å². The Morgan fingerprint density at radius 3 is 2.89 bits per heavy atom. The van der Waals surface area contributed by atoms with Gasteiger partial charge in [0.1, 0.15) is 35.2 Å². The molecule has 13 heteroatoms. The number of H-pyrrole nitrogens is 1. The number of halogens is 2. The molecule has 4 fully saturated rings. The number of nitrogen functional groups attached to an aromatic ring is 1. The number of hydrogen-bond donors (Lipinski definition) is 3. The van der Waals surface area contributed by atoms with E-state index in [1.165, 1.54) is 11.3 Å². The van der Waals surface area contributed by atoms with Crippen molar-refractivity contribution in [1.29, 1.82) is 0 Å². The lowest BCUT2D eigenvalue weighted by molar-refractivity contribution is 0.108. The van der Waals surface area contributed by atoms with Crippen LogP contribution in [0.4, 0.5) is 16.0 Å². The second kappa shape index (κ2) is 10.0. The van der Waals surface area contributed by atoms with Gasteiger partial charge in [0.05, 0.1) is 27.4 Å². The van der Waals surface area contributed by atoms with Crippen molar-refractivity contribution in [2.75, 3.05) is 50.0 Å². The number of nitrogens with two attached hydrogens (primary N) is 1. The number of hydrogen-bond acceptors (Lipinski definition) is 10. The van der Waals surface area contributed by atoms with Gasteiger partial charge in [0, 0.05) is 28.2 Å². The predicted octanol–water partition coefficient (Wildman–Crippen LogP) is 5.72. The summed E-state index contributed by atoms with van der Waals surface area (Å²) < 4.78 is 31.4. The van der Waals surface area contributed by atoms with E-state index in [0.717, 1.165) is 85.0 Å². The van der Waals surface area contributed by atoms with Gasteiger partial charge in [-0.3, -0.25) is 10.00 Å². The number of nitrogens with zero attached hydrogens (tertiary/aromatic N) is 5. The zero-order chi connectivity index (χ0) is 30.7. The van der Waals surface area contributed by atoms with Crippen LogP contribution in [0.2, 0.25) is 5.02 Å². The molecule has 3 atom stereocenters. The zero-order valence-electron chi connectivity index (χ0n) is 25.2. The number of nitrogens with one attached hydrogen (secondary N) is 2. The molecule has 0 spiro atoms. The second-order valence-corrected chi connectivity index (χ2v) is 15.1. The molecule has 5 aromatic rings. The second-order valence-electron chi connectivity index (χ2n) is 13.7. The Labute approximate surface area is 273 Å². The molecule has 5 aliphatic heterocycles. The summed E-state index contributed by atoms with van der Waals surface area (Å²) in [6, 6.07) is 6.23. The molecule has 3 aromatic heterocycles. The van der Waals surface area contributed by atoms with Gasteiger partial charge in [0.15, 0.2) is 11.6 Å². The van der Waals surface area contributed by atoms with Crippen LogP contribution in [-0.4, -0.2) is 82.1 Å². The van der Waals surface area contributed by atoms with Crippen LogP contribution in [0.15, 0.2) is 18.2 Å². The van der Waals surface area contributed by atoms with Gasteiger partial charge in [0.25, 0.3) is 0 Å². The lowest BCUT2D eigenvalue weighted by Gasteiger charge is -2.34. The van der Waals surface area contributed by atoms with E-state index in [2.05, 4.69) is 25.3 Å². The Bertz CT molecular complexity index is 2060. The largest absolute Gasteiger partial charge is 0.489 e. The maximum Gasteiger partial charge on any atom is 0.319 e. The fourth-order valence-corrected chi connectivity index (χ4v) is 10.5. The van der Waals surface area contributed by atoms with Crippen LogP contribution in [0.1, 0.15) is 38.5 Å². The highest BCUT2D eigenvalue weighted by atomic mass is 35.5. The molecule has 8 heterocycles. The van der Waals surface area contributed by atoms with E-state index in [-0.39, 0.29) is 39.7 Å². The van der Waals surface area contributed by atoms with Crippen molar-refractivity contribution in [2.45, 2.75) is 56.1 Å². The molecule has 0 radical (unpaired) electrons. The normalized spacial score (nSPS) is 25.2. The summed E-state index contributed by atoms with van der Waals surface area (Å²) in [7, 11) is 0. The summed E-state index contributed by atoms with van der Waals surface area (Å²) in [5.74, 6) is 1.56. The SMILES string of the molecule is Nc1[nH]nc2sc3cccc(-c4c(Cl)c5c6c(nc(OCC78CCCN7CCC8)nc6c4F)N4CCC6CNC(C6)C4CO5)c3c12. The Kier molecular flexibility index (Phi) is 6.02.